The molecule has 1 N–H and O–H groups in total. The molecule has 0 radical (unpaired) electrons. The summed E-state index contributed by atoms with van der Waals surface area (Å²) < 4.78 is 31.6. The van der Waals surface area contributed by atoms with Crippen LogP contribution < -0.4 is 10.1 Å². The van der Waals surface area contributed by atoms with Gasteiger partial charge in [0.25, 0.3) is 0 Å². The quantitative estimate of drug-likeness (QED) is 0.338. The molecule has 3 aromatic rings. The molecule has 1 aliphatic heterocycles. The zero-order valence-corrected chi connectivity index (χ0v) is 22.2. The highest BCUT2D eigenvalue weighted by Gasteiger charge is 2.26. The molecule has 36 heavy (non-hydrogen) atoms. The minimum atomic E-state index is -3.62. The van der Waals surface area contributed by atoms with E-state index in [0.717, 1.165) is 20.3 Å². The number of carbonyl (C=O) groups excluding carboxylic acids is 2. The molecule has 8 nitrogen and oxygen atoms in total. The molecule has 0 bridgehead atoms. The number of aromatic nitrogens is 1. The predicted molar refractivity (Wildman–Crippen MR) is 140 cm³/mol. The molecule has 0 saturated heterocycles. The van der Waals surface area contributed by atoms with Crippen LogP contribution in [0.25, 0.3) is 16.5 Å². The first-order valence-electron chi connectivity index (χ1n) is 11.0. The number of halogens is 1. The van der Waals surface area contributed by atoms with E-state index in [1.54, 1.807) is 6.07 Å². The summed E-state index contributed by atoms with van der Waals surface area (Å²) in [6.07, 6.45) is 5.85. The number of benzene rings is 1. The van der Waals surface area contributed by atoms with Crippen molar-refractivity contribution in [3.8, 4) is 16.2 Å². The Morgan fingerprint density at radius 1 is 1.25 bits per heavy atom. The predicted octanol–water partition coefficient (Wildman–Crippen LogP) is 4.05. The number of fused-ring (bicyclic) bond motifs is 1. The number of ether oxygens (including phenoxy) is 1. The fourth-order valence-corrected chi connectivity index (χ4v) is 5.72. The lowest BCUT2D eigenvalue weighted by atomic mass is 10.1. The number of pyridine rings is 1. The smallest absolute Gasteiger partial charge is 0.244 e. The van der Waals surface area contributed by atoms with Crippen molar-refractivity contribution in [2.24, 2.45) is 0 Å². The summed E-state index contributed by atoms with van der Waals surface area (Å²) in [4.78, 5) is 29.6. The van der Waals surface area contributed by atoms with Crippen LogP contribution in [0.15, 0.2) is 53.7 Å². The van der Waals surface area contributed by atoms with Crippen LogP contribution in [0.1, 0.15) is 27.7 Å². The van der Waals surface area contributed by atoms with Gasteiger partial charge in [-0.25, -0.2) is 12.7 Å². The number of Topliss-reactive ketones (excluding diaryl/α,β-unsaturated/α-hetero) is 1. The molecular formula is C25H24ClN3O5S2. The summed E-state index contributed by atoms with van der Waals surface area (Å²) in [6, 6.07) is 8.98. The third-order valence-corrected chi connectivity index (χ3v) is 8.83. The first-order valence-corrected chi connectivity index (χ1v) is 13.6. The number of thiophene rings is 1. The normalized spacial score (nSPS) is 15.2. The van der Waals surface area contributed by atoms with Crippen LogP contribution in [0.5, 0.6) is 5.75 Å². The Morgan fingerprint density at radius 2 is 2.03 bits per heavy atom. The molecule has 188 valence electrons. The van der Waals surface area contributed by atoms with E-state index < -0.39 is 10.0 Å². The lowest BCUT2D eigenvalue weighted by Gasteiger charge is -2.11. The second-order valence-corrected chi connectivity index (χ2v) is 12.1. The Hall–Kier alpha value is -3.05. The SMILES string of the molecule is CC(=O)c1ccc(-c2cc(Cl)c3c(c2)CC(CNC(=O)/C=C/c2cncc(S(=O)(=O)N(C)C)c2)O3)s1. The highest BCUT2D eigenvalue weighted by molar-refractivity contribution is 7.89. The Labute approximate surface area is 218 Å². The molecule has 1 aromatic carbocycles. The lowest BCUT2D eigenvalue weighted by Crippen LogP contribution is -2.33. The third-order valence-electron chi connectivity index (χ3n) is 5.53. The van der Waals surface area contributed by atoms with Crippen LogP contribution in [-0.4, -0.2) is 56.1 Å². The van der Waals surface area contributed by atoms with Crippen molar-refractivity contribution in [1.29, 1.82) is 0 Å². The van der Waals surface area contributed by atoms with Gasteiger partial charge in [-0.3, -0.25) is 14.6 Å². The van der Waals surface area contributed by atoms with Gasteiger partial charge in [-0.15, -0.1) is 11.3 Å². The van der Waals surface area contributed by atoms with Gasteiger partial charge >= 0.3 is 0 Å². The number of sulfonamides is 1. The molecule has 3 heterocycles. The van der Waals surface area contributed by atoms with E-state index in [0.29, 0.717) is 27.6 Å². The molecule has 1 unspecified atom stereocenters. The number of ketones is 1. The van der Waals surface area contributed by atoms with E-state index in [1.165, 1.54) is 63.0 Å². The van der Waals surface area contributed by atoms with Crippen LogP contribution in [-0.2, 0) is 21.2 Å². The number of hydrogen-bond donors (Lipinski definition) is 1. The molecule has 2 aromatic heterocycles. The maximum absolute atomic E-state index is 12.3. The Morgan fingerprint density at radius 3 is 2.72 bits per heavy atom. The number of carbonyl (C=O) groups is 2. The summed E-state index contributed by atoms with van der Waals surface area (Å²) in [5.74, 6) is 0.273. The van der Waals surface area contributed by atoms with Gasteiger partial charge in [0, 0.05) is 49.4 Å². The van der Waals surface area contributed by atoms with Gasteiger partial charge in [0.1, 0.15) is 16.7 Å². The lowest BCUT2D eigenvalue weighted by molar-refractivity contribution is -0.116. The van der Waals surface area contributed by atoms with Crippen molar-refractivity contribution >= 4 is 50.7 Å². The van der Waals surface area contributed by atoms with Gasteiger partial charge in [-0.1, -0.05) is 11.6 Å². The van der Waals surface area contributed by atoms with E-state index in [9.17, 15) is 18.0 Å². The fraction of sp³-hybridized carbons (Fsp3) is 0.240. The Balaban J connectivity index is 1.37. The Kier molecular flexibility index (Phi) is 7.60. The number of hydrogen-bond acceptors (Lipinski definition) is 7. The average molecular weight is 546 g/mol. The van der Waals surface area contributed by atoms with E-state index in [4.69, 9.17) is 16.3 Å². The van der Waals surface area contributed by atoms with Gasteiger partial charge < -0.3 is 10.1 Å². The molecule has 1 aliphatic rings. The largest absolute Gasteiger partial charge is 0.486 e. The van der Waals surface area contributed by atoms with Gasteiger partial charge in [0.05, 0.1) is 16.4 Å². The summed E-state index contributed by atoms with van der Waals surface area (Å²) in [5.41, 5.74) is 2.34. The number of amides is 1. The number of nitrogens with one attached hydrogen (secondary N) is 1. The van der Waals surface area contributed by atoms with Gasteiger partial charge in [0.15, 0.2) is 5.78 Å². The topological polar surface area (TPSA) is 106 Å². The first kappa shape index (κ1) is 26.0. The van der Waals surface area contributed by atoms with Crippen molar-refractivity contribution in [2.75, 3.05) is 20.6 Å². The van der Waals surface area contributed by atoms with Crippen molar-refractivity contribution < 1.29 is 22.7 Å². The van der Waals surface area contributed by atoms with Gasteiger partial charge in [-0.2, -0.15) is 0 Å². The van der Waals surface area contributed by atoms with E-state index in [2.05, 4.69) is 10.3 Å². The summed E-state index contributed by atoms with van der Waals surface area (Å²) >= 11 is 7.88. The minimum absolute atomic E-state index is 0.0225. The molecule has 0 fully saturated rings. The third kappa shape index (κ3) is 5.67. The van der Waals surface area contributed by atoms with Crippen molar-refractivity contribution in [1.82, 2.24) is 14.6 Å². The van der Waals surface area contributed by atoms with Crippen LogP contribution in [0.4, 0.5) is 0 Å². The molecule has 0 spiro atoms. The summed E-state index contributed by atoms with van der Waals surface area (Å²) in [6.45, 7) is 1.81. The monoisotopic (exact) mass is 545 g/mol. The van der Waals surface area contributed by atoms with Crippen LogP contribution in [0, 0.1) is 0 Å². The standard InChI is InChI=1S/C25H24ClN3O5S2/c1-15(30)22-5-6-23(35-22)17-9-18-10-19(34-25(18)21(26)11-17)13-28-24(31)7-4-16-8-20(14-27-12-16)36(32,33)29(2)3/h4-9,11-12,14,19H,10,13H2,1-3H3,(H,28,31)/b7-4+. The van der Waals surface area contributed by atoms with Gasteiger partial charge in [-0.05, 0) is 54.5 Å². The average Bonchev–Trinajstić information content (AvgIpc) is 3.49. The van der Waals surface area contributed by atoms with Crippen LogP contribution in [0.3, 0.4) is 0 Å². The molecule has 4 rings (SSSR count). The van der Waals surface area contributed by atoms with Crippen LogP contribution >= 0.6 is 22.9 Å². The van der Waals surface area contributed by atoms with Crippen molar-refractivity contribution in [3.63, 3.8) is 0 Å². The summed E-state index contributed by atoms with van der Waals surface area (Å²) in [7, 11) is -0.739. The van der Waals surface area contributed by atoms with Crippen LogP contribution in [0.2, 0.25) is 5.02 Å². The molecule has 1 atom stereocenters. The molecule has 1 amide bonds. The second kappa shape index (κ2) is 10.5. The maximum atomic E-state index is 12.3. The summed E-state index contributed by atoms with van der Waals surface area (Å²) in [5, 5.41) is 3.28. The number of nitrogens with zero attached hydrogens (tertiary/aromatic N) is 2. The van der Waals surface area contributed by atoms with E-state index in [1.807, 2.05) is 18.2 Å². The molecule has 0 saturated carbocycles. The molecular weight excluding hydrogens is 522 g/mol. The number of rotatable bonds is 8. The van der Waals surface area contributed by atoms with E-state index in [-0.39, 0.29) is 29.2 Å². The molecule has 11 heteroatoms. The zero-order chi connectivity index (χ0) is 26.0. The van der Waals surface area contributed by atoms with Crippen molar-refractivity contribution in [3.05, 3.63) is 69.8 Å². The van der Waals surface area contributed by atoms with E-state index >= 15 is 0 Å². The Bertz CT molecular complexity index is 1460. The van der Waals surface area contributed by atoms with Crippen molar-refractivity contribution in [2.45, 2.75) is 24.3 Å². The second-order valence-electron chi connectivity index (χ2n) is 8.43. The first-order chi connectivity index (χ1) is 17.0. The fourth-order valence-electron chi connectivity index (χ4n) is 3.65. The highest BCUT2D eigenvalue weighted by atomic mass is 35.5. The minimum Gasteiger partial charge on any atom is -0.486 e. The zero-order valence-electron chi connectivity index (χ0n) is 19.8. The highest BCUT2D eigenvalue weighted by Crippen LogP contribution is 2.41. The molecule has 0 aliphatic carbocycles. The maximum Gasteiger partial charge on any atom is 0.244 e. The van der Waals surface area contributed by atoms with Gasteiger partial charge in [0.2, 0.25) is 15.9 Å².